The Balaban J connectivity index is 1.21. The average Bonchev–Trinajstić information content (AvgIpc) is 3.80. The Hall–Kier alpha value is -4.43. The largest absolute Gasteiger partial charge is 0.387 e. The zero-order chi connectivity index (χ0) is 30.8. The number of ether oxygens (including phenoxy) is 1. The first kappa shape index (κ1) is 29.3. The second-order valence-electron chi connectivity index (χ2n) is 11.9. The molecule has 1 saturated heterocycles. The van der Waals surface area contributed by atoms with Crippen LogP contribution in [-0.4, -0.2) is 81.7 Å². The first-order valence-corrected chi connectivity index (χ1v) is 15.5. The minimum atomic E-state index is -1.22. The van der Waals surface area contributed by atoms with Crippen LogP contribution in [0.2, 0.25) is 0 Å². The molecule has 0 radical (unpaired) electrons. The molecule has 13 nitrogen and oxygen atoms in total. The number of fused-ring (bicyclic) bond motifs is 1. The fraction of sp³-hybridized carbons (Fsp3) is 0.406. The molecule has 0 amide bonds. The predicted octanol–water partition coefficient (Wildman–Crippen LogP) is 2.66. The van der Waals surface area contributed by atoms with Crippen molar-refractivity contribution in [1.29, 1.82) is 0 Å². The lowest BCUT2D eigenvalue weighted by molar-refractivity contribution is -0.0413. The monoisotopic (exact) mass is 610 g/mol. The number of aliphatic hydroxyl groups excluding tert-OH is 2. The molecule has 7 rings (SSSR count). The van der Waals surface area contributed by atoms with Crippen molar-refractivity contribution in [2.45, 2.75) is 74.8 Å². The standard InChI is InChI=1S/C32H38N10O3/c33-22-11-13-23(14-12-22)38-32-39-29(34-17-24(20-7-3-1-4-8-20)21-9-5-2-6-10-21)26-30(40-32)41(19-35-26)31-28(44)27(43)25(45-31)18-42-36-15-16-37-42/h1-10,15-16,19,22-25,27-28,31,43-44H,11-14,17-18,33H2,(H2,34,38,39,40)/t22?,23?,25-,27-,28-,31-/m1/s1. The van der Waals surface area contributed by atoms with Crippen LogP contribution in [0.3, 0.4) is 0 Å². The Morgan fingerprint density at radius 2 is 1.56 bits per heavy atom. The van der Waals surface area contributed by atoms with E-state index in [9.17, 15) is 10.2 Å². The number of nitrogens with zero attached hydrogens (tertiary/aromatic N) is 7. The first-order chi connectivity index (χ1) is 22.0. The smallest absolute Gasteiger partial charge is 0.227 e. The van der Waals surface area contributed by atoms with Gasteiger partial charge in [0.15, 0.2) is 23.2 Å². The van der Waals surface area contributed by atoms with Gasteiger partial charge in [-0.25, -0.2) is 4.98 Å². The summed E-state index contributed by atoms with van der Waals surface area (Å²) in [4.78, 5) is 15.9. The number of aliphatic hydroxyl groups is 2. The normalized spacial score (nSPS) is 25.2. The maximum atomic E-state index is 11.1. The molecule has 6 N–H and O–H groups in total. The first-order valence-electron chi connectivity index (χ1n) is 15.5. The maximum absolute atomic E-state index is 11.1. The van der Waals surface area contributed by atoms with E-state index in [4.69, 9.17) is 20.4 Å². The van der Waals surface area contributed by atoms with Gasteiger partial charge in [0.2, 0.25) is 5.95 Å². The third kappa shape index (κ3) is 6.25. The molecule has 1 saturated carbocycles. The van der Waals surface area contributed by atoms with Crippen molar-refractivity contribution in [3.05, 3.63) is 90.5 Å². The highest BCUT2D eigenvalue weighted by Gasteiger charge is 2.45. The van der Waals surface area contributed by atoms with Gasteiger partial charge in [0.25, 0.3) is 0 Å². The Labute approximate surface area is 260 Å². The highest BCUT2D eigenvalue weighted by molar-refractivity contribution is 5.84. The Morgan fingerprint density at radius 1 is 0.889 bits per heavy atom. The second-order valence-corrected chi connectivity index (χ2v) is 11.9. The van der Waals surface area contributed by atoms with E-state index in [-0.39, 0.29) is 24.5 Å². The van der Waals surface area contributed by atoms with Crippen molar-refractivity contribution < 1.29 is 14.9 Å². The highest BCUT2D eigenvalue weighted by Crippen LogP contribution is 2.34. The molecule has 0 spiro atoms. The topological polar surface area (TPSA) is 174 Å². The van der Waals surface area contributed by atoms with E-state index in [2.05, 4.69) is 50.1 Å². The van der Waals surface area contributed by atoms with Crippen molar-refractivity contribution >= 4 is 22.9 Å². The average molecular weight is 611 g/mol. The van der Waals surface area contributed by atoms with E-state index >= 15 is 0 Å². The van der Waals surface area contributed by atoms with Gasteiger partial charge < -0.3 is 31.3 Å². The number of nitrogens with two attached hydrogens (primary N) is 1. The molecule has 234 valence electrons. The summed E-state index contributed by atoms with van der Waals surface area (Å²) in [5, 5.41) is 37.2. The molecule has 13 heteroatoms. The Kier molecular flexibility index (Phi) is 8.39. The summed E-state index contributed by atoms with van der Waals surface area (Å²) < 4.78 is 7.84. The molecule has 0 unspecified atom stereocenters. The van der Waals surface area contributed by atoms with Gasteiger partial charge in [0, 0.05) is 24.5 Å². The minimum absolute atomic E-state index is 0.0579. The quantitative estimate of drug-likeness (QED) is 0.157. The van der Waals surface area contributed by atoms with Gasteiger partial charge in [-0.05, 0) is 36.8 Å². The number of hydrogen-bond acceptors (Lipinski definition) is 11. The van der Waals surface area contributed by atoms with Gasteiger partial charge >= 0.3 is 0 Å². The lowest BCUT2D eigenvalue weighted by Crippen LogP contribution is -2.34. The van der Waals surface area contributed by atoms with Gasteiger partial charge in [0.05, 0.1) is 25.3 Å². The molecule has 2 aromatic carbocycles. The fourth-order valence-corrected chi connectivity index (χ4v) is 6.34. The molecule has 45 heavy (non-hydrogen) atoms. The van der Waals surface area contributed by atoms with Crippen LogP contribution in [0, 0.1) is 0 Å². The summed E-state index contributed by atoms with van der Waals surface area (Å²) in [5.41, 5.74) is 9.53. The molecule has 1 aliphatic heterocycles. The summed E-state index contributed by atoms with van der Waals surface area (Å²) >= 11 is 0. The van der Waals surface area contributed by atoms with Crippen LogP contribution in [0.5, 0.6) is 0 Å². The zero-order valence-corrected chi connectivity index (χ0v) is 24.8. The lowest BCUT2D eigenvalue weighted by Gasteiger charge is -2.27. The van der Waals surface area contributed by atoms with E-state index in [1.54, 1.807) is 23.3 Å². The molecular weight excluding hydrogens is 572 g/mol. The lowest BCUT2D eigenvalue weighted by atomic mass is 9.91. The van der Waals surface area contributed by atoms with E-state index in [1.165, 1.54) is 15.9 Å². The number of anilines is 2. The molecule has 4 heterocycles. The zero-order valence-electron chi connectivity index (χ0n) is 24.8. The van der Waals surface area contributed by atoms with Gasteiger partial charge in [-0.15, -0.1) is 0 Å². The minimum Gasteiger partial charge on any atom is -0.387 e. The van der Waals surface area contributed by atoms with Gasteiger partial charge in [-0.1, -0.05) is 60.7 Å². The molecule has 3 aromatic heterocycles. The number of nitrogens with one attached hydrogen (secondary N) is 2. The number of benzene rings is 2. The van der Waals surface area contributed by atoms with Crippen LogP contribution in [0.25, 0.3) is 11.2 Å². The van der Waals surface area contributed by atoms with Gasteiger partial charge in [-0.2, -0.15) is 25.0 Å². The van der Waals surface area contributed by atoms with Crippen LogP contribution >= 0.6 is 0 Å². The molecule has 1 aliphatic carbocycles. The van der Waals surface area contributed by atoms with Crippen LogP contribution < -0.4 is 16.4 Å². The van der Waals surface area contributed by atoms with E-state index in [0.29, 0.717) is 29.5 Å². The molecule has 0 bridgehead atoms. The fourth-order valence-electron chi connectivity index (χ4n) is 6.34. The third-order valence-electron chi connectivity index (χ3n) is 8.83. The summed E-state index contributed by atoms with van der Waals surface area (Å²) in [7, 11) is 0. The van der Waals surface area contributed by atoms with Gasteiger partial charge in [-0.3, -0.25) is 4.57 Å². The van der Waals surface area contributed by atoms with E-state index in [0.717, 1.165) is 25.7 Å². The van der Waals surface area contributed by atoms with Crippen LogP contribution in [0.4, 0.5) is 11.8 Å². The molecule has 4 atom stereocenters. The number of rotatable bonds is 10. The molecule has 2 aliphatic rings. The van der Waals surface area contributed by atoms with Crippen LogP contribution in [0.15, 0.2) is 79.4 Å². The summed E-state index contributed by atoms with van der Waals surface area (Å²) in [6.45, 7) is 0.748. The number of hydrogen-bond donors (Lipinski definition) is 5. The maximum Gasteiger partial charge on any atom is 0.227 e. The molecular formula is C32H38N10O3. The SMILES string of the molecule is NC1CCC(Nc2nc(NCC(c3ccccc3)c3ccccc3)c3ncn([C@@H]4O[C@H](Cn5nccn5)[C@@H](O)[C@H]4O)c3n2)CC1. The van der Waals surface area contributed by atoms with E-state index < -0.39 is 24.5 Å². The third-order valence-corrected chi connectivity index (χ3v) is 8.83. The molecule has 5 aromatic rings. The molecule has 2 fully saturated rings. The number of aromatic nitrogens is 7. The second kappa shape index (κ2) is 12.9. The summed E-state index contributed by atoms with van der Waals surface area (Å²) in [6, 6.07) is 21.1. The van der Waals surface area contributed by atoms with Crippen molar-refractivity contribution in [2.75, 3.05) is 17.2 Å². The predicted molar refractivity (Wildman–Crippen MR) is 168 cm³/mol. The Bertz CT molecular complexity index is 1640. The van der Waals surface area contributed by atoms with Crippen molar-refractivity contribution in [2.24, 2.45) is 5.73 Å². The van der Waals surface area contributed by atoms with Crippen LogP contribution in [-0.2, 0) is 11.3 Å². The highest BCUT2D eigenvalue weighted by atomic mass is 16.6. The summed E-state index contributed by atoms with van der Waals surface area (Å²) in [5.74, 6) is 1.08. The van der Waals surface area contributed by atoms with Crippen molar-refractivity contribution in [3.63, 3.8) is 0 Å². The van der Waals surface area contributed by atoms with Gasteiger partial charge in [0.1, 0.15) is 18.3 Å². The van der Waals surface area contributed by atoms with Crippen molar-refractivity contribution in [1.82, 2.24) is 34.5 Å². The van der Waals surface area contributed by atoms with Crippen LogP contribution in [0.1, 0.15) is 49.0 Å². The van der Waals surface area contributed by atoms with Crippen molar-refractivity contribution in [3.8, 4) is 0 Å². The number of imidazole rings is 1. The van der Waals surface area contributed by atoms with E-state index in [1.807, 2.05) is 36.4 Å². The Morgan fingerprint density at radius 3 is 2.22 bits per heavy atom. The summed E-state index contributed by atoms with van der Waals surface area (Å²) in [6.07, 6.45) is 4.39.